The van der Waals surface area contributed by atoms with Crippen molar-refractivity contribution < 1.29 is 8.42 Å². The molecule has 0 spiro atoms. The van der Waals surface area contributed by atoms with Crippen LogP contribution in [-0.4, -0.2) is 25.8 Å². The van der Waals surface area contributed by atoms with Crippen molar-refractivity contribution in [2.45, 2.75) is 37.3 Å². The Balaban J connectivity index is 2.27. The molecule has 0 amide bonds. The minimum atomic E-state index is -3.39. The highest BCUT2D eigenvalue weighted by Crippen LogP contribution is 2.41. The minimum absolute atomic E-state index is 0.144. The molecule has 19 heavy (non-hydrogen) atoms. The SMILES string of the molecule is CCC1(CC)CCN(S(=O)(=O)c2cc(Cl)c(Br)s2)C1. The zero-order valence-corrected chi connectivity index (χ0v) is 14.9. The summed E-state index contributed by atoms with van der Waals surface area (Å²) in [4.78, 5) is 0. The van der Waals surface area contributed by atoms with E-state index < -0.39 is 10.0 Å². The molecule has 2 heterocycles. The van der Waals surface area contributed by atoms with Crippen molar-refractivity contribution in [3.05, 3.63) is 14.9 Å². The molecule has 1 fully saturated rings. The Labute approximate surface area is 132 Å². The van der Waals surface area contributed by atoms with Gasteiger partial charge in [-0.15, -0.1) is 11.3 Å². The average molecular weight is 387 g/mol. The summed E-state index contributed by atoms with van der Waals surface area (Å²) in [5, 5.41) is 0.458. The van der Waals surface area contributed by atoms with E-state index in [9.17, 15) is 8.42 Å². The van der Waals surface area contributed by atoms with Gasteiger partial charge in [0.25, 0.3) is 10.0 Å². The second-order valence-electron chi connectivity index (χ2n) is 4.98. The maximum absolute atomic E-state index is 12.6. The highest BCUT2D eigenvalue weighted by atomic mass is 79.9. The Kier molecular flexibility index (Phi) is 4.68. The molecular formula is C12H17BrClNO2S2. The molecule has 0 bridgehead atoms. The summed E-state index contributed by atoms with van der Waals surface area (Å²) in [6.07, 6.45) is 2.98. The summed E-state index contributed by atoms with van der Waals surface area (Å²) in [5.41, 5.74) is 0.144. The van der Waals surface area contributed by atoms with Crippen LogP contribution in [0.15, 0.2) is 14.1 Å². The van der Waals surface area contributed by atoms with Crippen LogP contribution in [0.25, 0.3) is 0 Å². The van der Waals surface area contributed by atoms with Crippen molar-refractivity contribution in [3.8, 4) is 0 Å². The standard InChI is InChI=1S/C12H17BrClNO2S2/c1-3-12(4-2)5-6-15(8-12)19(16,17)10-7-9(14)11(13)18-10/h7H,3-6,8H2,1-2H3. The summed E-state index contributed by atoms with van der Waals surface area (Å²) >= 11 is 10.4. The van der Waals surface area contributed by atoms with Crippen LogP contribution in [0.4, 0.5) is 0 Å². The Morgan fingerprint density at radius 2 is 2.11 bits per heavy atom. The Morgan fingerprint density at radius 1 is 1.47 bits per heavy atom. The lowest BCUT2D eigenvalue weighted by atomic mass is 9.82. The number of rotatable bonds is 4. The summed E-state index contributed by atoms with van der Waals surface area (Å²) in [6.45, 7) is 5.50. The van der Waals surface area contributed by atoms with Crippen LogP contribution in [0, 0.1) is 5.41 Å². The van der Waals surface area contributed by atoms with Crippen LogP contribution in [0.2, 0.25) is 5.02 Å². The summed E-state index contributed by atoms with van der Waals surface area (Å²) in [5.74, 6) is 0. The summed E-state index contributed by atoms with van der Waals surface area (Å²) in [7, 11) is -3.39. The predicted octanol–water partition coefficient (Wildman–Crippen LogP) is 4.36. The summed E-state index contributed by atoms with van der Waals surface area (Å²) in [6, 6.07) is 1.53. The van der Waals surface area contributed by atoms with Gasteiger partial charge in [0, 0.05) is 13.1 Å². The first-order chi connectivity index (χ1) is 8.84. The molecule has 1 aliphatic rings. The van der Waals surface area contributed by atoms with Gasteiger partial charge in [-0.25, -0.2) is 8.42 Å². The van der Waals surface area contributed by atoms with E-state index in [4.69, 9.17) is 11.6 Å². The maximum atomic E-state index is 12.6. The van der Waals surface area contributed by atoms with Crippen molar-refractivity contribution in [3.63, 3.8) is 0 Å². The largest absolute Gasteiger partial charge is 0.252 e. The first-order valence-electron chi connectivity index (χ1n) is 6.29. The van der Waals surface area contributed by atoms with Gasteiger partial charge in [-0.05, 0) is 46.7 Å². The smallest absolute Gasteiger partial charge is 0.206 e. The van der Waals surface area contributed by atoms with E-state index in [0.29, 0.717) is 26.1 Å². The lowest BCUT2D eigenvalue weighted by Crippen LogP contribution is -2.31. The minimum Gasteiger partial charge on any atom is -0.206 e. The third kappa shape index (κ3) is 2.88. The number of hydrogen-bond acceptors (Lipinski definition) is 3. The van der Waals surface area contributed by atoms with Gasteiger partial charge in [-0.3, -0.25) is 0 Å². The molecule has 1 saturated heterocycles. The van der Waals surface area contributed by atoms with Crippen LogP contribution in [0.3, 0.4) is 0 Å². The van der Waals surface area contributed by atoms with E-state index in [0.717, 1.165) is 19.3 Å². The van der Waals surface area contributed by atoms with Gasteiger partial charge in [-0.2, -0.15) is 4.31 Å². The maximum Gasteiger partial charge on any atom is 0.252 e. The molecule has 0 radical (unpaired) electrons. The molecule has 3 nitrogen and oxygen atoms in total. The van der Waals surface area contributed by atoms with Crippen LogP contribution in [0.1, 0.15) is 33.1 Å². The van der Waals surface area contributed by atoms with E-state index in [1.165, 1.54) is 17.4 Å². The highest BCUT2D eigenvalue weighted by Gasteiger charge is 2.41. The lowest BCUT2D eigenvalue weighted by Gasteiger charge is -2.26. The van der Waals surface area contributed by atoms with Gasteiger partial charge < -0.3 is 0 Å². The molecule has 0 aliphatic carbocycles. The molecule has 0 unspecified atom stereocenters. The topological polar surface area (TPSA) is 37.4 Å². The van der Waals surface area contributed by atoms with E-state index in [1.54, 1.807) is 4.31 Å². The molecule has 7 heteroatoms. The van der Waals surface area contributed by atoms with Crippen molar-refractivity contribution in [1.82, 2.24) is 4.31 Å². The first kappa shape index (κ1) is 15.8. The van der Waals surface area contributed by atoms with Crippen LogP contribution >= 0.6 is 38.9 Å². The van der Waals surface area contributed by atoms with Crippen molar-refractivity contribution >= 4 is 48.9 Å². The van der Waals surface area contributed by atoms with Crippen LogP contribution in [0.5, 0.6) is 0 Å². The average Bonchev–Trinajstić information content (AvgIpc) is 2.96. The van der Waals surface area contributed by atoms with E-state index in [2.05, 4.69) is 29.8 Å². The van der Waals surface area contributed by atoms with Gasteiger partial charge in [0.2, 0.25) is 0 Å². The van der Waals surface area contributed by atoms with Gasteiger partial charge in [0.1, 0.15) is 4.21 Å². The molecule has 0 aromatic carbocycles. The van der Waals surface area contributed by atoms with Gasteiger partial charge in [0.05, 0.1) is 8.81 Å². The fourth-order valence-corrected chi connectivity index (χ4v) is 6.61. The molecule has 1 aromatic rings. The molecule has 2 rings (SSSR count). The quantitative estimate of drug-likeness (QED) is 0.770. The molecule has 1 aliphatic heterocycles. The molecule has 1 aromatic heterocycles. The van der Waals surface area contributed by atoms with E-state index in [-0.39, 0.29) is 5.41 Å². The fraction of sp³-hybridized carbons (Fsp3) is 0.667. The fourth-order valence-electron chi connectivity index (χ4n) is 2.51. The normalized spacial score (nSPS) is 20.0. The van der Waals surface area contributed by atoms with Crippen LogP contribution < -0.4 is 0 Å². The summed E-state index contributed by atoms with van der Waals surface area (Å²) < 4.78 is 27.8. The zero-order chi connectivity index (χ0) is 14.3. The van der Waals surface area contributed by atoms with Crippen molar-refractivity contribution in [1.29, 1.82) is 0 Å². The second kappa shape index (κ2) is 5.64. The number of halogens is 2. The molecule has 0 saturated carbocycles. The number of nitrogens with zero attached hydrogens (tertiary/aromatic N) is 1. The molecular weight excluding hydrogens is 370 g/mol. The van der Waals surface area contributed by atoms with Crippen molar-refractivity contribution in [2.75, 3.05) is 13.1 Å². The number of hydrogen-bond donors (Lipinski definition) is 0. The third-order valence-electron chi connectivity index (χ3n) is 4.12. The predicted molar refractivity (Wildman–Crippen MR) is 83.4 cm³/mol. The zero-order valence-electron chi connectivity index (χ0n) is 10.9. The van der Waals surface area contributed by atoms with Gasteiger partial charge in [-0.1, -0.05) is 25.4 Å². The van der Waals surface area contributed by atoms with Gasteiger partial charge >= 0.3 is 0 Å². The highest BCUT2D eigenvalue weighted by molar-refractivity contribution is 9.11. The Bertz CT molecular complexity index is 547. The molecule has 0 N–H and O–H groups in total. The monoisotopic (exact) mass is 385 g/mol. The molecule has 0 atom stereocenters. The lowest BCUT2D eigenvalue weighted by molar-refractivity contribution is 0.280. The molecule has 108 valence electrons. The van der Waals surface area contributed by atoms with Crippen LogP contribution in [-0.2, 0) is 10.0 Å². The number of thiophene rings is 1. The second-order valence-corrected chi connectivity index (χ2v) is 9.92. The van der Waals surface area contributed by atoms with Crippen molar-refractivity contribution in [2.24, 2.45) is 5.41 Å². The van der Waals surface area contributed by atoms with E-state index in [1.807, 2.05) is 0 Å². The first-order valence-corrected chi connectivity index (χ1v) is 9.72. The Hall–Kier alpha value is 0.380. The Morgan fingerprint density at radius 3 is 2.53 bits per heavy atom. The third-order valence-corrected chi connectivity index (χ3v) is 8.89. The van der Waals surface area contributed by atoms with Gasteiger partial charge in [0.15, 0.2) is 0 Å². The number of sulfonamides is 1. The van der Waals surface area contributed by atoms with E-state index >= 15 is 0 Å².